The molecule has 3 fully saturated rings. The number of hydrogen-bond acceptors (Lipinski definition) is 6. The maximum absolute atomic E-state index is 12.8. The first-order valence-corrected chi connectivity index (χ1v) is 12.3. The summed E-state index contributed by atoms with van der Waals surface area (Å²) in [5.41, 5.74) is -1.30. The van der Waals surface area contributed by atoms with E-state index in [0.29, 0.717) is 24.0 Å². The molecule has 7 unspecified atom stereocenters. The van der Waals surface area contributed by atoms with Crippen molar-refractivity contribution in [1.82, 2.24) is 0 Å². The highest BCUT2D eigenvalue weighted by Crippen LogP contribution is 2.57. The molecule has 2 aliphatic carbocycles. The molecule has 0 N–H and O–H groups in total. The molecule has 0 bridgehead atoms. The molecule has 7 atom stereocenters. The van der Waals surface area contributed by atoms with E-state index in [1.165, 1.54) is 6.92 Å². The third-order valence-electron chi connectivity index (χ3n) is 8.25. The summed E-state index contributed by atoms with van der Waals surface area (Å²) in [5, 5.41) is 0. The largest absolute Gasteiger partial charge is 0.466 e. The first kappa shape index (κ1) is 25.2. The first-order valence-electron chi connectivity index (χ1n) is 12.3. The summed E-state index contributed by atoms with van der Waals surface area (Å²) < 4.78 is 17.1. The van der Waals surface area contributed by atoms with Crippen LogP contribution < -0.4 is 0 Å². The molecule has 2 saturated carbocycles. The fraction of sp³-hybridized carbons (Fsp3) is 0.885. The van der Waals surface area contributed by atoms with Crippen LogP contribution in [0.25, 0.3) is 0 Å². The van der Waals surface area contributed by atoms with Crippen molar-refractivity contribution in [2.75, 3.05) is 6.61 Å². The molecule has 0 aromatic rings. The molecule has 0 amide bonds. The standard InChI is InChI=1S/C26H42O6/c1-16(19-10-11-20-21(28)9-8-12-25(19,20)6)13-18(15-30-17(2)27)14-26(7)22(29)31-23(32-26)24(3,4)5/h16,18-20,23H,8-15H2,1-7H3. The van der Waals surface area contributed by atoms with Crippen molar-refractivity contribution < 1.29 is 28.6 Å². The van der Waals surface area contributed by atoms with E-state index >= 15 is 0 Å². The predicted molar refractivity (Wildman–Crippen MR) is 121 cm³/mol. The van der Waals surface area contributed by atoms with E-state index < -0.39 is 11.9 Å². The van der Waals surface area contributed by atoms with Crippen LogP contribution >= 0.6 is 0 Å². The minimum atomic E-state index is -1.05. The summed E-state index contributed by atoms with van der Waals surface area (Å²) in [5.74, 6) is 0.762. The van der Waals surface area contributed by atoms with Crippen molar-refractivity contribution in [3.63, 3.8) is 0 Å². The van der Waals surface area contributed by atoms with Gasteiger partial charge in [0.2, 0.25) is 6.29 Å². The van der Waals surface area contributed by atoms with Gasteiger partial charge in [-0.3, -0.25) is 9.59 Å². The second kappa shape index (κ2) is 9.08. The molecule has 3 rings (SSSR count). The second-order valence-electron chi connectivity index (χ2n) is 12.1. The Morgan fingerprint density at radius 2 is 1.91 bits per heavy atom. The number of Topliss-reactive ketones (excluding diaryl/α,β-unsaturated/α-hetero) is 1. The maximum Gasteiger partial charge on any atom is 0.340 e. The summed E-state index contributed by atoms with van der Waals surface area (Å²) in [6.07, 6.45) is 5.54. The van der Waals surface area contributed by atoms with Gasteiger partial charge in [-0.15, -0.1) is 0 Å². The topological polar surface area (TPSA) is 78.9 Å². The second-order valence-corrected chi connectivity index (χ2v) is 12.1. The number of esters is 2. The molecule has 0 spiro atoms. The van der Waals surface area contributed by atoms with E-state index in [1.807, 2.05) is 20.8 Å². The molecule has 1 aliphatic heterocycles. The van der Waals surface area contributed by atoms with Crippen LogP contribution in [0.5, 0.6) is 0 Å². The zero-order chi connectivity index (χ0) is 23.9. The van der Waals surface area contributed by atoms with Crippen molar-refractivity contribution in [1.29, 1.82) is 0 Å². The molecule has 1 heterocycles. The molecular weight excluding hydrogens is 408 g/mol. The minimum Gasteiger partial charge on any atom is -0.466 e. The molecular formula is C26H42O6. The molecule has 0 radical (unpaired) electrons. The highest BCUT2D eigenvalue weighted by molar-refractivity contribution is 5.83. The zero-order valence-electron chi connectivity index (χ0n) is 21.0. The molecule has 6 heteroatoms. The van der Waals surface area contributed by atoms with Gasteiger partial charge in [0.15, 0.2) is 5.60 Å². The summed E-state index contributed by atoms with van der Waals surface area (Å²) in [4.78, 5) is 36.8. The van der Waals surface area contributed by atoms with Crippen molar-refractivity contribution in [2.24, 2.45) is 34.5 Å². The van der Waals surface area contributed by atoms with Gasteiger partial charge in [0.05, 0.1) is 6.61 Å². The van der Waals surface area contributed by atoms with Crippen LogP contribution in [0.2, 0.25) is 0 Å². The van der Waals surface area contributed by atoms with Gasteiger partial charge >= 0.3 is 11.9 Å². The molecule has 0 aromatic heterocycles. The average molecular weight is 451 g/mol. The van der Waals surface area contributed by atoms with Crippen molar-refractivity contribution in [3.05, 3.63) is 0 Å². The Morgan fingerprint density at radius 1 is 1.22 bits per heavy atom. The van der Waals surface area contributed by atoms with Crippen LogP contribution in [-0.4, -0.2) is 36.2 Å². The summed E-state index contributed by atoms with van der Waals surface area (Å²) >= 11 is 0. The van der Waals surface area contributed by atoms with E-state index in [4.69, 9.17) is 14.2 Å². The number of carbonyl (C=O) groups is 3. The minimum absolute atomic E-state index is 0.0212. The Bertz CT molecular complexity index is 739. The van der Waals surface area contributed by atoms with Gasteiger partial charge in [-0.05, 0) is 68.6 Å². The Labute approximate surface area is 193 Å². The van der Waals surface area contributed by atoms with E-state index in [1.54, 1.807) is 6.92 Å². The predicted octanol–water partition coefficient (Wildman–Crippen LogP) is 5.07. The summed E-state index contributed by atoms with van der Waals surface area (Å²) in [6, 6.07) is 0. The molecule has 182 valence electrons. The lowest BCUT2D eigenvalue weighted by molar-refractivity contribution is -0.157. The van der Waals surface area contributed by atoms with Crippen LogP contribution in [0.3, 0.4) is 0 Å². The number of carbonyl (C=O) groups excluding carboxylic acids is 3. The lowest BCUT2D eigenvalue weighted by atomic mass is 9.61. The van der Waals surface area contributed by atoms with Crippen LogP contribution in [0.15, 0.2) is 0 Å². The van der Waals surface area contributed by atoms with Gasteiger partial charge in [0.25, 0.3) is 0 Å². The highest BCUT2D eigenvalue weighted by Gasteiger charge is 2.54. The van der Waals surface area contributed by atoms with Gasteiger partial charge in [0, 0.05) is 24.7 Å². The number of hydrogen-bond donors (Lipinski definition) is 0. The average Bonchev–Trinajstić information content (AvgIpc) is 3.17. The lowest BCUT2D eigenvalue weighted by Crippen LogP contribution is -2.41. The molecule has 6 nitrogen and oxygen atoms in total. The quantitative estimate of drug-likeness (QED) is 0.504. The number of rotatable bonds is 7. The number of ether oxygens (including phenoxy) is 3. The van der Waals surface area contributed by atoms with Crippen LogP contribution in [0.4, 0.5) is 0 Å². The smallest absolute Gasteiger partial charge is 0.340 e. The molecule has 3 aliphatic rings. The van der Waals surface area contributed by atoms with Gasteiger partial charge in [-0.1, -0.05) is 34.6 Å². The third kappa shape index (κ3) is 5.05. The monoisotopic (exact) mass is 450 g/mol. The zero-order valence-corrected chi connectivity index (χ0v) is 21.0. The lowest BCUT2D eigenvalue weighted by Gasteiger charge is -2.43. The number of fused-ring (bicyclic) bond motifs is 1. The summed E-state index contributed by atoms with van der Waals surface area (Å²) in [6.45, 7) is 14.0. The number of cyclic esters (lactones) is 1. The molecule has 0 aromatic carbocycles. The van der Waals surface area contributed by atoms with E-state index in [2.05, 4.69) is 13.8 Å². The fourth-order valence-corrected chi connectivity index (χ4v) is 6.61. The van der Waals surface area contributed by atoms with Gasteiger partial charge in [-0.2, -0.15) is 0 Å². The van der Waals surface area contributed by atoms with E-state index in [0.717, 1.165) is 38.5 Å². The Kier molecular flexibility index (Phi) is 7.15. The Balaban J connectivity index is 1.73. The van der Waals surface area contributed by atoms with Crippen molar-refractivity contribution in [3.8, 4) is 0 Å². The van der Waals surface area contributed by atoms with E-state index in [-0.39, 0.29) is 41.2 Å². The van der Waals surface area contributed by atoms with Crippen LogP contribution in [0.1, 0.15) is 93.4 Å². The molecule has 1 saturated heterocycles. The van der Waals surface area contributed by atoms with Crippen molar-refractivity contribution >= 4 is 17.7 Å². The SMILES string of the molecule is CC(=O)OCC(CC(C)C1CCC2C(=O)CCCC21C)CC1(C)OC(C(C)(C)C)OC1=O. The van der Waals surface area contributed by atoms with Crippen LogP contribution in [0, 0.1) is 34.5 Å². The first-order chi connectivity index (χ1) is 14.8. The molecule has 32 heavy (non-hydrogen) atoms. The maximum atomic E-state index is 12.8. The highest BCUT2D eigenvalue weighted by atomic mass is 16.8. The van der Waals surface area contributed by atoms with Crippen molar-refractivity contribution in [2.45, 2.75) is 105 Å². The Hall–Kier alpha value is -1.43. The number of ketones is 1. The Morgan fingerprint density at radius 3 is 2.50 bits per heavy atom. The van der Waals surface area contributed by atoms with E-state index in [9.17, 15) is 14.4 Å². The van der Waals surface area contributed by atoms with Gasteiger partial charge in [0.1, 0.15) is 5.78 Å². The van der Waals surface area contributed by atoms with Gasteiger partial charge in [-0.25, -0.2) is 4.79 Å². The van der Waals surface area contributed by atoms with Crippen LogP contribution in [-0.2, 0) is 28.6 Å². The van der Waals surface area contributed by atoms with Gasteiger partial charge < -0.3 is 14.2 Å². The fourth-order valence-electron chi connectivity index (χ4n) is 6.61. The normalized spacial score (nSPS) is 37.0. The third-order valence-corrected chi connectivity index (χ3v) is 8.25. The summed E-state index contributed by atoms with van der Waals surface area (Å²) in [7, 11) is 0.